The number of para-hydroxylation sites is 1. The predicted molar refractivity (Wildman–Crippen MR) is 118 cm³/mol. The number of thiophene rings is 1. The van der Waals surface area contributed by atoms with Crippen molar-refractivity contribution in [2.24, 2.45) is 0 Å². The molecule has 28 heavy (non-hydrogen) atoms. The summed E-state index contributed by atoms with van der Waals surface area (Å²) in [7, 11) is 0. The largest absolute Gasteiger partial charge is 0.361 e. The van der Waals surface area contributed by atoms with E-state index in [-0.39, 0.29) is 11.8 Å². The lowest BCUT2D eigenvalue weighted by Crippen LogP contribution is -2.27. The number of fused-ring (bicyclic) bond motifs is 1. The van der Waals surface area contributed by atoms with Crippen LogP contribution in [0.2, 0.25) is 5.02 Å². The number of hydrogen-bond acceptors (Lipinski definition) is 2. The highest BCUT2D eigenvalue weighted by Crippen LogP contribution is 2.34. The van der Waals surface area contributed by atoms with E-state index in [0.717, 1.165) is 26.9 Å². The lowest BCUT2D eigenvalue weighted by molar-refractivity contribution is -0.116. The van der Waals surface area contributed by atoms with Crippen LogP contribution in [0.5, 0.6) is 0 Å². The van der Waals surface area contributed by atoms with Crippen LogP contribution in [0.15, 0.2) is 78.3 Å². The molecule has 4 rings (SSSR count). The Kier molecular flexibility index (Phi) is 5.60. The van der Waals surface area contributed by atoms with Crippen molar-refractivity contribution in [2.45, 2.75) is 5.92 Å². The first-order chi connectivity index (χ1) is 13.7. The fraction of sp³-hybridized carbons (Fsp3) is 0.0870. The van der Waals surface area contributed by atoms with Crippen molar-refractivity contribution >= 4 is 45.8 Å². The smallest absolute Gasteiger partial charge is 0.244 e. The normalized spacial score (nSPS) is 12.5. The number of hydrogen-bond donors (Lipinski definition) is 2. The van der Waals surface area contributed by atoms with E-state index in [1.54, 1.807) is 17.4 Å². The molecule has 0 spiro atoms. The lowest BCUT2D eigenvalue weighted by atomic mass is 9.90. The number of amides is 1. The molecule has 0 radical (unpaired) electrons. The molecule has 0 aliphatic rings. The lowest BCUT2D eigenvalue weighted by Gasteiger charge is -2.19. The molecule has 1 unspecified atom stereocenters. The van der Waals surface area contributed by atoms with Crippen LogP contribution in [0.1, 0.15) is 21.9 Å². The molecule has 0 saturated carbocycles. The third-order valence-electron chi connectivity index (χ3n) is 4.70. The quantitative estimate of drug-likeness (QED) is 0.388. The van der Waals surface area contributed by atoms with E-state index in [9.17, 15) is 4.79 Å². The fourth-order valence-corrected chi connectivity index (χ4v) is 4.22. The summed E-state index contributed by atoms with van der Waals surface area (Å²) in [5.41, 5.74) is 3.18. The van der Waals surface area contributed by atoms with Gasteiger partial charge in [0.15, 0.2) is 0 Å². The van der Waals surface area contributed by atoms with Crippen molar-refractivity contribution in [3.05, 3.63) is 99.3 Å². The zero-order valence-corrected chi connectivity index (χ0v) is 16.6. The van der Waals surface area contributed by atoms with Gasteiger partial charge in [-0.05, 0) is 40.8 Å². The number of aromatic amines is 1. The van der Waals surface area contributed by atoms with Gasteiger partial charge in [0.05, 0.1) is 0 Å². The molecule has 5 heteroatoms. The highest BCUT2D eigenvalue weighted by Gasteiger charge is 2.20. The molecule has 0 saturated heterocycles. The summed E-state index contributed by atoms with van der Waals surface area (Å²) in [5, 5.41) is 6.85. The van der Waals surface area contributed by atoms with Gasteiger partial charge < -0.3 is 10.3 Å². The Hall–Kier alpha value is -2.82. The summed E-state index contributed by atoms with van der Waals surface area (Å²) in [6.07, 6.45) is 5.41. The van der Waals surface area contributed by atoms with Crippen LogP contribution in [0.4, 0.5) is 0 Å². The first-order valence-corrected chi connectivity index (χ1v) is 10.3. The predicted octanol–water partition coefficient (Wildman–Crippen LogP) is 5.84. The Morgan fingerprint density at radius 2 is 1.89 bits per heavy atom. The second-order valence-electron chi connectivity index (χ2n) is 6.46. The van der Waals surface area contributed by atoms with Gasteiger partial charge in [-0.25, -0.2) is 0 Å². The monoisotopic (exact) mass is 406 g/mol. The van der Waals surface area contributed by atoms with Gasteiger partial charge in [-0.1, -0.05) is 54.1 Å². The number of halogens is 1. The van der Waals surface area contributed by atoms with E-state index in [1.807, 2.05) is 72.3 Å². The minimum Gasteiger partial charge on any atom is -0.361 e. The Morgan fingerprint density at radius 3 is 2.71 bits per heavy atom. The molecule has 140 valence electrons. The molecular weight excluding hydrogens is 388 g/mol. The first-order valence-electron chi connectivity index (χ1n) is 9.02. The molecule has 0 bridgehead atoms. The summed E-state index contributed by atoms with van der Waals surface area (Å²) in [6.45, 7) is 0.458. The van der Waals surface area contributed by atoms with Crippen LogP contribution >= 0.6 is 22.9 Å². The maximum Gasteiger partial charge on any atom is 0.244 e. The van der Waals surface area contributed by atoms with E-state index in [0.29, 0.717) is 11.6 Å². The Bertz CT molecular complexity index is 1110. The van der Waals surface area contributed by atoms with Crippen molar-refractivity contribution in [1.29, 1.82) is 0 Å². The van der Waals surface area contributed by atoms with Crippen molar-refractivity contribution in [1.82, 2.24) is 10.3 Å². The summed E-state index contributed by atoms with van der Waals surface area (Å²) >= 11 is 8.09. The third kappa shape index (κ3) is 4.03. The molecule has 2 aromatic carbocycles. The highest BCUT2D eigenvalue weighted by atomic mass is 35.5. The van der Waals surface area contributed by atoms with Gasteiger partial charge in [0, 0.05) is 45.5 Å². The Balaban J connectivity index is 1.61. The molecule has 2 heterocycles. The molecule has 1 atom stereocenters. The van der Waals surface area contributed by atoms with Crippen LogP contribution in [0, 0.1) is 0 Å². The zero-order valence-electron chi connectivity index (χ0n) is 15.1. The number of nitrogens with one attached hydrogen (secondary N) is 2. The highest BCUT2D eigenvalue weighted by molar-refractivity contribution is 7.10. The number of rotatable bonds is 6. The van der Waals surface area contributed by atoms with Gasteiger partial charge in [-0.15, -0.1) is 11.3 Å². The van der Waals surface area contributed by atoms with Crippen LogP contribution in [-0.2, 0) is 4.79 Å². The summed E-state index contributed by atoms with van der Waals surface area (Å²) in [5.74, 6) is -0.172. The molecule has 1 amide bonds. The minimum atomic E-state index is -0.120. The van der Waals surface area contributed by atoms with E-state index in [4.69, 9.17) is 11.6 Å². The van der Waals surface area contributed by atoms with Gasteiger partial charge in [-0.2, -0.15) is 0 Å². The molecule has 3 nitrogen and oxygen atoms in total. The molecule has 0 fully saturated rings. The van der Waals surface area contributed by atoms with Crippen molar-refractivity contribution in [3.63, 3.8) is 0 Å². The molecule has 0 aliphatic carbocycles. The molecule has 0 aliphatic heterocycles. The van der Waals surface area contributed by atoms with E-state index >= 15 is 0 Å². The summed E-state index contributed by atoms with van der Waals surface area (Å²) in [6, 6.07) is 19.9. The standard InChI is InChI=1S/C23H19ClN2OS/c24-21-9-3-1-7-17(21)19(20-14-25-22-10-4-2-8-18(20)22)15-26-23(27)12-11-16-6-5-13-28-16/h1-14,19,25H,15H2,(H,26,27)/b12-11+. The van der Waals surface area contributed by atoms with Crippen molar-refractivity contribution in [2.75, 3.05) is 6.54 Å². The third-order valence-corrected chi connectivity index (χ3v) is 5.88. The van der Waals surface area contributed by atoms with Crippen molar-refractivity contribution < 1.29 is 4.79 Å². The van der Waals surface area contributed by atoms with Crippen LogP contribution < -0.4 is 5.32 Å². The topological polar surface area (TPSA) is 44.9 Å². The van der Waals surface area contributed by atoms with E-state index in [2.05, 4.69) is 16.4 Å². The number of aromatic nitrogens is 1. The molecule has 2 aromatic heterocycles. The first kappa shape index (κ1) is 18.5. The number of carbonyl (C=O) groups excluding carboxylic acids is 1. The Labute approximate surface area is 172 Å². The summed E-state index contributed by atoms with van der Waals surface area (Å²) < 4.78 is 0. The fourth-order valence-electron chi connectivity index (χ4n) is 3.33. The average molecular weight is 407 g/mol. The van der Waals surface area contributed by atoms with E-state index < -0.39 is 0 Å². The molecular formula is C23H19ClN2OS. The molecule has 2 N–H and O–H groups in total. The maximum atomic E-state index is 12.4. The second kappa shape index (κ2) is 8.46. The van der Waals surface area contributed by atoms with Gasteiger partial charge >= 0.3 is 0 Å². The SMILES string of the molecule is O=C(/C=C/c1cccs1)NCC(c1ccccc1Cl)c1c[nH]c2ccccc12. The van der Waals surface area contributed by atoms with E-state index in [1.165, 1.54) is 0 Å². The number of H-pyrrole nitrogens is 1. The zero-order chi connectivity index (χ0) is 19.3. The average Bonchev–Trinajstić information content (AvgIpc) is 3.38. The Morgan fingerprint density at radius 1 is 1.07 bits per heavy atom. The second-order valence-corrected chi connectivity index (χ2v) is 7.84. The van der Waals surface area contributed by atoms with Gasteiger partial charge in [0.25, 0.3) is 0 Å². The number of benzene rings is 2. The van der Waals surface area contributed by atoms with Gasteiger partial charge in [0.1, 0.15) is 0 Å². The minimum absolute atomic E-state index is 0.0519. The van der Waals surface area contributed by atoms with Crippen LogP contribution in [0.25, 0.3) is 17.0 Å². The van der Waals surface area contributed by atoms with Gasteiger partial charge in [0.2, 0.25) is 5.91 Å². The maximum absolute atomic E-state index is 12.4. The van der Waals surface area contributed by atoms with Crippen molar-refractivity contribution in [3.8, 4) is 0 Å². The molecule has 4 aromatic rings. The van der Waals surface area contributed by atoms with Crippen LogP contribution in [0.3, 0.4) is 0 Å². The van der Waals surface area contributed by atoms with Gasteiger partial charge in [-0.3, -0.25) is 4.79 Å². The summed E-state index contributed by atoms with van der Waals surface area (Å²) in [4.78, 5) is 16.7. The number of carbonyl (C=O) groups is 1. The van der Waals surface area contributed by atoms with Crippen LogP contribution in [-0.4, -0.2) is 17.4 Å².